The van der Waals surface area contributed by atoms with Crippen LogP contribution in [-0.4, -0.2) is 40.4 Å². The van der Waals surface area contributed by atoms with Crippen LogP contribution in [0.25, 0.3) is 5.57 Å². The van der Waals surface area contributed by atoms with E-state index in [1.807, 2.05) is 6.07 Å². The number of fused-ring (bicyclic) bond motifs is 2. The van der Waals surface area contributed by atoms with Gasteiger partial charge in [-0.15, -0.1) is 0 Å². The summed E-state index contributed by atoms with van der Waals surface area (Å²) in [6.45, 7) is 1.03. The molecular weight excluding hydrogens is 290 g/mol. The molecule has 3 unspecified atom stereocenters. The second kappa shape index (κ2) is 6.26. The fourth-order valence-corrected chi connectivity index (χ4v) is 3.76. The maximum Gasteiger partial charge on any atom is 0.116 e. The van der Waals surface area contributed by atoms with Crippen LogP contribution in [-0.2, 0) is 4.74 Å². The van der Waals surface area contributed by atoms with Crippen molar-refractivity contribution in [1.29, 1.82) is 0 Å². The highest BCUT2D eigenvalue weighted by Gasteiger charge is 2.39. The number of hydrogen-bond acceptors (Lipinski definition) is 5. The van der Waals surface area contributed by atoms with E-state index >= 15 is 0 Å². The molecule has 0 radical (unpaired) electrons. The summed E-state index contributed by atoms with van der Waals surface area (Å²) in [6.07, 6.45) is 12.7. The summed E-state index contributed by atoms with van der Waals surface area (Å²) in [4.78, 5) is 8.32. The Morgan fingerprint density at radius 1 is 1.39 bits per heavy atom. The Morgan fingerprint density at radius 3 is 3.17 bits per heavy atom. The minimum Gasteiger partial charge on any atom is -0.497 e. The Kier molecular flexibility index (Phi) is 3.97. The number of hydrogen-bond donors (Lipinski definition) is 2. The normalized spacial score (nSPS) is 28.9. The van der Waals surface area contributed by atoms with Gasteiger partial charge in [0.25, 0.3) is 0 Å². The summed E-state index contributed by atoms with van der Waals surface area (Å²) in [7, 11) is 0. The molecule has 120 valence electrons. The summed E-state index contributed by atoms with van der Waals surface area (Å²) in [6, 6.07) is 2.50. The van der Waals surface area contributed by atoms with Gasteiger partial charge in [-0.05, 0) is 31.4 Å². The highest BCUT2D eigenvalue weighted by atomic mass is 16.5. The SMILES string of the molecule is OCCCC1NC2C=CC(c3ccncn3)=CC2=C2OCCC21. The van der Waals surface area contributed by atoms with Crippen LogP contribution in [0.3, 0.4) is 0 Å². The van der Waals surface area contributed by atoms with Crippen molar-refractivity contribution < 1.29 is 9.84 Å². The fraction of sp³-hybridized carbons (Fsp3) is 0.444. The molecule has 5 nitrogen and oxygen atoms in total. The Bertz CT molecular complexity index is 666. The van der Waals surface area contributed by atoms with E-state index in [2.05, 4.69) is 33.5 Å². The molecular formula is C18H21N3O2. The lowest BCUT2D eigenvalue weighted by Gasteiger charge is -2.36. The first-order valence-electron chi connectivity index (χ1n) is 8.27. The maximum atomic E-state index is 9.12. The van der Waals surface area contributed by atoms with Crippen LogP contribution in [0.2, 0.25) is 0 Å². The third kappa shape index (κ3) is 2.71. The molecule has 3 heterocycles. The largest absolute Gasteiger partial charge is 0.497 e. The molecule has 1 fully saturated rings. The molecule has 0 aromatic carbocycles. The fourth-order valence-electron chi connectivity index (χ4n) is 3.76. The number of aliphatic hydroxyl groups excluding tert-OH is 1. The van der Waals surface area contributed by atoms with Crippen molar-refractivity contribution in [2.45, 2.75) is 31.3 Å². The standard InChI is InChI=1S/C18H21N3O2/c22-8-1-2-16-13-6-9-23-18(13)14-10-12(3-4-17(14)21-16)15-5-7-19-11-20-15/h3-5,7,10-11,13,16-17,21-22H,1-2,6,8-9H2. The minimum absolute atomic E-state index is 0.189. The number of nitrogens with one attached hydrogen (secondary N) is 1. The van der Waals surface area contributed by atoms with Gasteiger partial charge in [0.15, 0.2) is 0 Å². The first-order valence-corrected chi connectivity index (χ1v) is 8.27. The monoisotopic (exact) mass is 311 g/mol. The topological polar surface area (TPSA) is 67.3 Å². The highest BCUT2D eigenvalue weighted by molar-refractivity contribution is 5.77. The van der Waals surface area contributed by atoms with Gasteiger partial charge in [0, 0.05) is 35.9 Å². The van der Waals surface area contributed by atoms with Gasteiger partial charge >= 0.3 is 0 Å². The van der Waals surface area contributed by atoms with Crippen LogP contribution >= 0.6 is 0 Å². The third-order valence-corrected chi connectivity index (χ3v) is 4.85. The number of aliphatic hydroxyl groups is 1. The van der Waals surface area contributed by atoms with Gasteiger partial charge in [0.05, 0.1) is 18.3 Å². The molecule has 3 aliphatic rings. The molecule has 0 amide bonds. The second-order valence-corrected chi connectivity index (χ2v) is 6.23. The predicted octanol–water partition coefficient (Wildman–Crippen LogP) is 1.83. The van der Waals surface area contributed by atoms with E-state index in [1.54, 1.807) is 12.5 Å². The highest BCUT2D eigenvalue weighted by Crippen LogP contribution is 2.40. The molecule has 23 heavy (non-hydrogen) atoms. The summed E-state index contributed by atoms with van der Waals surface area (Å²) in [5.41, 5.74) is 3.25. The molecule has 5 heteroatoms. The first kappa shape index (κ1) is 14.6. The Hall–Kier alpha value is -1.98. The van der Waals surface area contributed by atoms with Crippen molar-refractivity contribution in [3.8, 4) is 0 Å². The van der Waals surface area contributed by atoms with Gasteiger partial charge in [0.2, 0.25) is 0 Å². The van der Waals surface area contributed by atoms with E-state index < -0.39 is 0 Å². The van der Waals surface area contributed by atoms with Crippen molar-refractivity contribution in [3.05, 3.63) is 53.8 Å². The molecule has 0 bridgehead atoms. The van der Waals surface area contributed by atoms with E-state index in [0.29, 0.717) is 12.0 Å². The molecule has 0 spiro atoms. The molecule has 2 aliphatic heterocycles. The van der Waals surface area contributed by atoms with Crippen LogP contribution in [0.4, 0.5) is 0 Å². The Labute approximate surface area is 135 Å². The zero-order valence-corrected chi connectivity index (χ0v) is 13.0. The average Bonchev–Trinajstić information content (AvgIpc) is 3.10. The van der Waals surface area contributed by atoms with Crippen LogP contribution in [0.15, 0.2) is 48.2 Å². The lowest BCUT2D eigenvalue weighted by Crippen LogP contribution is -2.47. The molecule has 1 saturated heterocycles. The van der Waals surface area contributed by atoms with Crippen LogP contribution < -0.4 is 5.32 Å². The number of ether oxygens (including phenoxy) is 1. The van der Waals surface area contributed by atoms with E-state index in [4.69, 9.17) is 9.84 Å². The van der Waals surface area contributed by atoms with Crippen molar-refractivity contribution in [1.82, 2.24) is 15.3 Å². The molecule has 1 aliphatic carbocycles. The van der Waals surface area contributed by atoms with Crippen molar-refractivity contribution in [3.63, 3.8) is 0 Å². The zero-order chi connectivity index (χ0) is 15.6. The van der Waals surface area contributed by atoms with Crippen molar-refractivity contribution in [2.24, 2.45) is 5.92 Å². The molecule has 2 N–H and O–H groups in total. The van der Waals surface area contributed by atoms with Gasteiger partial charge in [-0.2, -0.15) is 0 Å². The van der Waals surface area contributed by atoms with E-state index in [-0.39, 0.29) is 12.6 Å². The molecule has 4 rings (SSSR count). The quantitative estimate of drug-likeness (QED) is 0.888. The minimum atomic E-state index is 0.189. The lowest BCUT2D eigenvalue weighted by atomic mass is 9.81. The van der Waals surface area contributed by atoms with Crippen LogP contribution in [0.5, 0.6) is 0 Å². The average molecular weight is 311 g/mol. The lowest BCUT2D eigenvalue weighted by molar-refractivity contribution is 0.225. The molecule has 3 atom stereocenters. The van der Waals surface area contributed by atoms with E-state index in [9.17, 15) is 0 Å². The Balaban J connectivity index is 1.67. The zero-order valence-electron chi connectivity index (χ0n) is 13.0. The molecule has 1 aromatic heterocycles. The van der Waals surface area contributed by atoms with Gasteiger partial charge < -0.3 is 15.2 Å². The summed E-state index contributed by atoms with van der Waals surface area (Å²) in [5.74, 6) is 1.55. The number of allylic oxidation sites excluding steroid dienone is 2. The number of aromatic nitrogens is 2. The van der Waals surface area contributed by atoms with Crippen molar-refractivity contribution >= 4 is 5.57 Å². The van der Waals surface area contributed by atoms with Gasteiger partial charge in [0.1, 0.15) is 12.1 Å². The number of nitrogens with zero attached hydrogens (tertiary/aromatic N) is 2. The van der Waals surface area contributed by atoms with Gasteiger partial charge in [-0.25, -0.2) is 9.97 Å². The summed E-state index contributed by atoms with van der Waals surface area (Å²) < 4.78 is 5.99. The third-order valence-electron chi connectivity index (χ3n) is 4.85. The van der Waals surface area contributed by atoms with Gasteiger partial charge in [-0.3, -0.25) is 0 Å². The van der Waals surface area contributed by atoms with E-state index in [1.165, 1.54) is 5.57 Å². The smallest absolute Gasteiger partial charge is 0.116 e. The predicted molar refractivity (Wildman–Crippen MR) is 87.3 cm³/mol. The molecule has 1 aromatic rings. The summed E-state index contributed by atoms with van der Waals surface area (Å²) in [5, 5.41) is 12.8. The maximum absolute atomic E-state index is 9.12. The van der Waals surface area contributed by atoms with Crippen molar-refractivity contribution in [2.75, 3.05) is 13.2 Å². The summed E-state index contributed by atoms with van der Waals surface area (Å²) >= 11 is 0. The van der Waals surface area contributed by atoms with Crippen LogP contribution in [0.1, 0.15) is 25.0 Å². The van der Waals surface area contributed by atoms with Gasteiger partial charge in [-0.1, -0.05) is 12.2 Å². The first-order chi connectivity index (χ1) is 11.4. The molecule has 0 saturated carbocycles. The van der Waals surface area contributed by atoms with Crippen LogP contribution in [0, 0.1) is 5.92 Å². The Morgan fingerprint density at radius 2 is 2.35 bits per heavy atom. The van der Waals surface area contributed by atoms with E-state index in [0.717, 1.165) is 42.9 Å². The second-order valence-electron chi connectivity index (χ2n) is 6.23. The number of rotatable bonds is 4.